The van der Waals surface area contributed by atoms with Gasteiger partial charge in [-0.25, -0.2) is 0 Å². The molecule has 0 radical (unpaired) electrons. The fourth-order valence-corrected chi connectivity index (χ4v) is 5.26. The Morgan fingerprint density at radius 2 is 1.00 bits per heavy atom. The van der Waals surface area contributed by atoms with Crippen molar-refractivity contribution in [1.29, 1.82) is 0 Å². The van der Waals surface area contributed by atoms with Gasteiger partial charge in [-0.3, -0.25) is 9.59 Å². The van der Waals surface area contributed by atoms with Crippen LogP contribution in [0, 0.1) is 5.92 Å². The topological polar surface area (TPSA) is 63.6 Å². The first-order chi connectivity index (χ1) is 19.1. The first kappa shape index (κ1) is 37.4. The monoisotopic (exact) mass is 548 g/mol. The third-order valence-electron chi connectivity index (χ3n) is 7.78. The molecule has 0 heterocycles. The molecule has 0 aromatic heterocycles. The molecule has 1 atom stereocenters. The third kappa shape index (κ3) is 29.2. The van der Waals surface area contributed by atoms with Gasteiger partial charge in [0, 0.05) is 0 Å². The minimum atomic E-state index is -0.899. The minimum absolute atomic E-state index is 0.0403. The van der Waals surface area contributed by atoms with E-state index in [0.717, 1.165) is 19.3 Å². The Labute approximate surface area is 242 Å². The highest BCUT2D eigenvalue weighted by atomic mass is 16.5. The Bertz CT molecular complexity index is 583. The van der Waals surface area contributed by atoms with E-state index in [1.165, 1.54) is 141 Å². The largest absolute Gasteiger partial charge is 0.481 e. The summed E-state index contributed by atoms with van der Waals surface area (Å²) in [6.45, 7) is 5.75. The van der Waals surface area contributed by atoms with E-state index in [1.54, 1.807) is 0 Å². The van der Waals surface area contributed by atoms with E-state index in [2.05, 4.69) is 25.7 Å². The average molecular weight is 549 g/mol. The molecule has 1 unspecified atom stereocenters. The van der Waals surface area contributed by atoms with Gasteiger partial charge in [-0.15, -0.1) is 0 Å². The van der Waals surface area contributed by atoms with Crippen LogP contribution in [0.3, 0.4) is 0 Å². The second-order valence-corrected chi connectivity index (χ2v) is 11.5. The summed E-state index contributed by atoms with van der Waals surface area (Å²) >= 11 is 0. The Balaban J connectivity index is 3.28. The number of allylic oxidation sites excluding steroid dienone is 2. The highest BCUT2D eigenvalue weighted by molar-refractivity contribution is 5.78. The standard InChI is InChI=1S/C35H64O4/c1-3-5-6-7-8-9-10-11-12-13-14-15-16-17-18-19-20-21-22-23-24-25-26-27-28-29-30-33(35(37)38)32-34(36)39-31-4-2/h3-5,33H,2,6-32H2,1H3,(H,37,38)/b5-3+. The van der Waals surface area contributed by atoms with Crippen molar-refractivity contribution in [3.05, 3.63) is 24.8 Å². The number of rotatable bonds is 31. The Hall–Kier alpha value is -1.58. The number of hydrogen-bond acceptors (Lipinski definition) is 3. The van der Waals surface area contributed by atoms with Crippen LogP contribution in [0.2, 0.25) is 0 Å². The van der Waals surface area contributed by atoms with Crippen LogP contribution in [-0.2, 0) is 14.3 Å². The maximum absolute atomic E-state index is 11.6. The maximum atomic E-state index is 11.6. The summed E-state index contributed by atoms with van der Waals surface area (Å²) in [4.78, 5) is 23.0. The summed E-state index contributed by atoms with van der Waals surface area (Å²) < 4.78 is 4.91. The number of carboxylic acid groups (broad SMARTS) is 1. The molecule has 0 amide bonds. The molecule has 0 bridgehead atoms. The Morgan fingerprint density at radius 1 is 0.641 bits per heavy atom. The summed E-state index contributed by atoms with van der Waals surface area (Å²) in [5, 5.41) is 9.31. The van der Waals surface area contributed by atoms with Crippen LogP contribution in [0.1, 0.15) is 174 Å². The Kier molecular flexibility index (Phi) is 29.7. The molecule has 0 aromatic carbocycles. The zero-order valence-electron chi connectivity index (χ0n) is 25.8. The van der Waals surface area contributed by atoms with Crippen LogP contribution in [0.4, 0.5) is 0 Å². The van der Waals surface area contributed by atoms with E-state index in [1.807, 2.05) is 0 Å². The van der Waals surface area contributed by atoms with E-state index in [9.17, 15) is 14.7 Å². The highest BCUT2D eigenvalue weighted by Crippen LogP contribution is 2.18. The average Bonchev–Trinajstić information content (AvgIpc) is 2.93. The van der Waals surface area contributed by atoms with Crippen molar-refractivity contribution in [1.82, 2.24) is 0 Å². The molecule has 0 aliphatic heterocycles. The zero-order valence-corrected chi connectivity index (χ0v) is 25.8. The molecule has 228 valence electrons. The van der Waals surface area contributed by atoms with Gasteiger partial charge >= 0.3 is 11.9 Å². The normalized spacial score (nSPS) is 12.1. The van der Waals surface area contributed by atoms with Crippen molar-refractivity contribution >= 4 is 11.9 Å². The number of carboxylic acids is 1. The van der Waals surface area contributed by atoms with Crippen LogP contribution in [0.5, 0.6) is 0 Å². The van der Waals surface area contributed by atoms with Gasteiger partial charge in [0.1, 0.15) is 6.61 Å². The number of hydrogen-bond donors (Lipinski definition) is 1. The highest BCUT2D eigenvalue weighted by Gasteiger charge is 2.21. The predicted molar refractivity (Wildman–Crippen MR) is 167 cm³/mol. The predicted octanol–water partition coefficient (Wildman–Crippen LogP) is 11.1. The summed E-state index contributed by atoms with van der Waals surface area (Å²) in [5.74, 6) is -1.98. The SMILES string of the molecule is C=CCOC(=O)CC(CCCCCCCCCCCCCCCCCCCCCCCCC/C=C/C)C(=O)O. The lowest BCUT2D eigenvalue weighted by molar-refractivity contribution is -0.151. The van der Waals surface area contributed by atoms with Crippen molar-refractivity contribution in [2.75, 3.05) is 6.61 Å². The lowest BCUT2D eigenvalue weighted by Crippen LogP contribution is -2.19. The van der Waals surface area contributed by atoms with Crippen molar-refractivity contribution < 1.29 is 19.4 Å². The zero-order chi connectivity index (χ0) is 28.7. The van der Waals surface area contributed by atoms with Gasteiger partial charge in [0.05, 0.1) is 12.3 Å². The number of carbonyl (C=O) groups excluding carboxylic acids is 1. The van der Waals surface area contributed by atoms with Gasteiger partial charge in [-0.2, -0.15) is 0 Å². The molecule has 0 aliphatic carbocycles. The fourth-order valence-electron chi connectivity index (χ4n) is 5.26. The van der Waals surface area contributed by atoms with Gasteiger partial charge in [0.2, 0.25) is 0 Å². The Morgan fingerprint density at radius 3 is 1.33 bits per heavy atom. The third-order valence-corrected chi connectivity index (χ3v) is 7.78. The van der Waals surface area contributed by atoms with Crippen molar-refractivity contribution in [2.24, 2.45) is 5.92 Å². The van der Waals surface area contributed by atoms with Crippen LogP contribution in [0.25, 0.3) is 0 Å². The van der Waals surface area contributed by atoms with Crippen molar-refractivity contribution in [3.63, 3.8) is 0 Å². The molecule has 4 heteroatoms. The number of ether oxygens (including phenoxy) is 1. The fraction of sp³-hybridized carbons (Fsp3) is 0.829. The summed E-state index contributed by atoms with van der Waals surface area (Å²) in [6, 6.07) is 0. The molecule has 0 fully saturated rings. The maximum Gasteiger partial charge on any atom is 0.307 e. The minimum Gasteiger partial charge on any atom is -0.481 e. The molecule has 0 saturated carbocycles. The quantitative estimate of drug-likeness (QED) is 0.0531. The number of unbranched alkanes of at least 4 members (excludes halogenated alkanes) is 23. The van der Waals surface area contributed by atoms with Gasteiger partial charge in [0.25, 0.3) is 0 Å². The lowest BCUT2D eigenvalue weighted by atomic mass is 9.97. The summed E-state index contributed by atoms with van der Waals surface area (Å²) in [6.07, 6.45) is 38.7. The van der Waals surface area contributed by atoms with E-state index in [0.29, 0.717) is 6.42 Å². The molecule has 0 spiro atoms. The molecule has 0 rings (SSSR count). The van der Waals surface area contributed by atoms with Gasteiger partial charge in [-0.05, 0) is 26.2 Å². The molecular formula is C35H64O4. The number of carbonyl (C=O) groups is 2. The van der Waals surface area contributed by atoms with Gasteiger partial charge < -0.3 is 9.84 Å². The van der Waals surface area contributed by atoms with E-state index < -0.39 is 17.9 Å². The smallest absolute Gasteiger partial charge is 0.307 e. The molecule has 0 aliphatic rings. The van der Waals surface area contributed by atoms with Crippen molar-refractivity contribution in [2.45, 2.75) is 174 Å². The van der Waals surface area contributed by atoms with Gasteiger partial charge in [0.15, 0.2) is 0 Å². The first-order valence-electron chi connectivity index (χ1n) is 16.7. The van der Waals surface area contributed by atoms with Crippen molar-refractivity contribution in [3.8, 4) is 0 Å². The first-order valence-corrected chi connectivity index (χ1v) is 16.7. The van der Waals surface area contributed by atoms with Crippen LogP contribution in [0.15, 0.2) is 24.8 Å². The molecule has 0 saturated heterocycles. The van der Waals surface area contributed by atoms with Crippen LogP contribution in [-0.4, -0.2) is 23.7 Å². The van der Waals surface area contributed by atoms with Crippen LogP contribution >= 0.6 is 0 Å². The second kappa shape index (κ2) is 31.0. The molecule has 4 nitrogen and oxygen atoms in total. The number of esters is 1. The number of aliphatic carboxylic acids is 1. The second-order valence-electron chi connectivity index (χ2n) is 11.5. The van der Waals surface area contributed by atoms with E-state index in [-0.39, 0.29) is 13.0 Å². The summed E-state index contributed by atoms with van der Waals surface area (Å²) in [5.41, 5.74) is 0. The van der Waals surface area contributed by atoms with E-state index in [4.69, 9.17) is 4.74 Å². The molecule has 0 aromatic rings. The molecule has 39 heavy (non-hydrogen) atoms. The summed E-state index contributed by atoms with van der Waals surface area (Å²) in [7, 11) is 0. The van der Waals surface area contributed by atoms with E-state index >= 15 is 0 Å². The lowest BCUT2D eigenvalue weighted by Gasteiger charge is -2.11. The van der Waals surface area contributed by atoms with Crippen LogP contribution < -0.4 is 0 Å². The van der Waals surface area contributed by atoms with Gasteiger partial charge in [-0.1, -0.05) is 166 Å². The molecular weight excluding hydrogens is 484 g/mol. The molecule has 1 N–H and O–H groups in total.